The highest BCUT2D eigenvalue weighted by Gasteiger charge is 2.10. The summed E-state index contributed by atoms with van der Waals surface area (Å²) in [7, 11) is 3.67. The number of methoxy groups -OCH3 is 1. The number of aromatic nitrogens is 1. The zero-order valence-corrected chi connectivity index (χ0v) is 12.4. The van der Waals surface area contributed by atoms with Crippen LogP contribution >= 0.6 is 11.3 Å². The predicted octanol–water partition coefficient (Wildman–Crippen LogP) is 2.07. The van der Waals surface area contributed by atoms with Crippen molar-refractivity contribution in [2.24, 2.45) is 5.73 Å². The summed E-state index contributed by atoms with van der Waals surface area (Å²) in [5, 5.41) is 9.56. The Hall–Kier alpha value is -1.92. The van der Waals surface area contributed by atoms with Gasteiger partial charge in [0.1, 0.15) is 11.6 Å². The first-order valence-electron chi connectivity index (χ1n) is 6.17. The fourth-order valence-corrected chi connectivity index (χ4v) is 2.56. The molecule has 0 spiro atoms. The number of nitrogens with zero attached hydrogens (tertiary/aromatic N) is 2. The van der Waals surface area contributed by atoms with Crippen LogP contribution in [-0.4, -0.2) is 29.9 Å². The summed E-state index contributed by atoms with van der Waals surface area (Å²) in [4.78, 5) is 6.43. The minimum absolute atomic E-state index is 0.0658. The van der Waals surface area contributed by atoms with Crippen LogP contribution in [0.25, 0.3) is 0 Å². The van der Waals surface area contributed by atoms with Crippen molar-refractivity contribution < 1.29 is 4.74 Å². The molecule has 0 radical (unpaired) electrons. The molecule has 106 valence electrons. The lowest BCUT2D eigenvalue weighted by atomic mass is 10.1. The van der Waals surface area contributed by atoms with E-state index < -0.39 is 0 Å². The third kappa shape index (κ3) is 3.55. The van der Waals surface area contributed by atoms with E-state index in [0.29, 0.717) is 12.1 Å². The Balaban J connectivity index is 2.14. The van der Waals surface area contributed by atoms with Crippen LogP contribution in [0.15, 0.2) is 29.1 Å². The van der Waals surface area contributed by atoms with Crippen LogP contribution in [0.2, 0.25) is 0 Å². The molecule has 3 N–H and O–H groups in total. The minimum Gasteiger partial charge on any atom is -0.496 e. The number of benzene rings is 1. The van der Waals surface area contributed by atoms with Gasteiger partial charge in [0.25, 0.3) is 0 Å². The van der Waals surface area contributed by atoms with Crippen molar-refractivity contribution in [2.45, 2.75) is 13.1 Å². The van der Waals surface area contributed by atoms with Gasteiger partial charge in [0.15, 0.2) is 0 Å². The van der Waals surface area contributed by atoms with Gasteiger partial charge in [0, 0.05) is 29.6 Å². The number of nitrogens with one attached hydrogen (secondary N) is 1. The summed E-state index contributed by atoms with van der Waals surface area (Å²) < 4.78 is 5.36. The average Bonchev–Trinajstić information content (AvgIpc) is 2.91. The number of amidine groups is 1. The number of ether oxygens (including phenoxy) is 1. The standard InChI is InChI=1S/C14H18N4OS/c1-18(7-12-8-20-9-17-12)6-11-5-10(14(15)16)3-4-13(11)19-2/h3-5,8-9H,6-7H2,1-2H3,(H3,15,16). The Morgan fingerprint density at radius 3 is 2.85 bits per heavy atom. The molecule has 1 heterocycles. The van der Waals surface area contributed by atoms with E-state index in [9.17, 15) is 0 Å². The zero-order valence-electron chi connectivity index (χ0n) is 11.6. The Morgan fingerprint density at radius 1 is 1.45 bits per heavy atom. The van der Waals surface area contributed by atoms with Crippen LogP contribution in [0, 0.1) is 5.41 Å². The lowest BCUT2D eigenvalue weighted by Crippen LogP contribution is -2.19. The molecule has 0 amide bonds. The minimum atomic E-state index is 0.0658. The van der Waals surface area contributed by atoms with Gasteiger partial charge < -0.3 is 10.5 Å². The lowest BCUT2D eigenvalue weighted by Gasteiger charge is -2.18. The summed E-state index contributed by atoms with van der Waals surface area (Å²) in [5.74, 6) is 0.871. The smallest absolute Gasteiger partial charge is 0.123 e. The molecule has 0 saturated carbocycles. The van der Waals surface area contributed by atoms with Crippen molar-refractivity contribution in [3.63, 3.8) is 0 Å². The van der Waals surface area contributed by atoms with Crippen molar-refractivity contribution in [3.8, 4) is 5.75 Å². The van der Waals surface area contributed by atoms with Gasteiger partial charge in [-0.15, -0.1) is 11.3 Å². The van der Waals surface area contributed by atoms with Crippen LogP contribution in [0.3, 0.4) is 0 Å². The molecule has 0 aliphatic carbocycles. The molecule has 0 unspecified atom stereocenters. The van der Waals surface area contributed by atoms with Crippen molar-refractivity contribution in [1.29, 1.82) is 5.41 Å². The summed E-state index contributed by atoms with van der Waals surface area (Å²) in [6.45, 7) is 1.48. The Kier molecular flexibility index (Phi) is 4.70. The monoisotopic (exact) mass is 290 g/mol. The molecule has 6 heteroatoms. The summed E-state index contributed by atoms with van der Waals surface area (Å²) >= 11 is 1.59. The molecule has 2 aromatic rings. The van der Waals surface area contributed by atoms with Crippen molar-refractivity contribution in [1.82, 2.24) is 9.88 Å². The molecular weight excluding hydrogens is 272 g/mol. The van der Waals surface area contributed by atoms with E-state index in [4.69, 9.17) is 15.9 Å². The number of nitrogen functional groups attached to an aromatic ring is 1. The topological polar surface area (TPSA) is 75.2 Å². The highest BCUT2D eigenvalue weighted by molar-refractivity contribution is 7.07. The molecule has 2 rings (SSSR count). The average molecular weight is 290 g/mol. The molecule has 0 atom stereocenters. The van der Waals surface area contributed by atoms with Gasteiger partial charge in [-0.05, 0) is 25.2 Å². The number of hydrogen-bond donors (Lipinski definition) is 2. The first kappa shape index (κ1) is 14.5. The van der Waals surface area contributed by atoms with Gasteiger partial charge in [-0.25, -0.2) is 4.98 Å². The molecule has 0 saturated heterocycles. The van der Waals surface area contributed by atoms with Gasteiger partial charge in [0.2, 0.25) is 0 Å². The van der Waals surface area contributed by atoms with Crippen molar-refractivity contribution >= 4 is 17.2 Å². The second kappa shape index (κ2) is 6.49. The van der Waals surface area contributed by atoms with Gasteiger partial charge in [-0.2, -0.15) is 0 Å². The molecule has 0 bridgehead atoms. The SMILES string of the molecule is COc1ccc(C(=N)N)cc1CN(C)Cc1cscn1. The zero-order chi connectivity index (χ0) is 14.5. The maximum Gasteiger partial charge on any atom is 0.123 e. The maximum absolute atomic E-state index is 7.52. The van der Waals surface area contributed by atoms with Crippen LogP contribution in [0.1, 0.15) is 16.8 Å². The van der Waals surface area contributed by atoms with Gasteiger partial charge in [-0.3, -0.25) is 10.3 Å². The van der Waals surface area contributed by atoms with Crippen LogP contribution in [-0.2, 0) is 13.1 Å². The second-order valence-corrected chi connectivity index (χ2v) is 5.31. The Morgan fingerprint density at radius 2 is 2.25 bits per heavy atom. The van der Waals surface area contributed by atoms with Crippen molar-refractivity contribution in [3.05, 3.63) is 45.9 Å². The third-order valence-electron chi connectivity index (χ3n) is 2.95. The molecule has 1 aromatic heterocycles. The first-order valence-corrected chi connectivity index (χ1v) is 7.11. The van der Waals surface area contributed by atoms with Crippen molar-refractivity contribution in [2.75, 3.05) is 14.2 Å². The van der Waals surface area contributed by atoms with E-state index in [0.717, 1.165) is 23.6 Å². The number of nitrogens with two attached hydrogens (primary N) is 1. The van der Waals surface area contributed by atoms with E-state index >= 15 is 0 Å². The van der Waals surface area contributed by atoms with Gasteiger partial charge in [-0.1, -0.05) is 0 Å². The summed E-state index contributed by atoms with van der Waals surface area (Å²) in [5.41, 5.74) is 10.1. The summed E-state index contributed by atoms with van der Waals surface area (Å²) in [6.07, 6.45) is 0. The lowest BCUT2D eigenvalue weighted by molar-refractivity contribution is 0.307. The van der Waals surface area contributed by atoms with Gasteiger partial charge in [0.05, 0.1) is 18.3 Å². The predicted molar refractivity (Wildman–Crippen MR) is 81.3 cm³/mol. The molecule has 0 aliphatic heterocycles. The van der Waals surface area contributed by atoms with E-state index in [1.165, 1.54) is 0 Å². The van der Waals surface area contributed by atoms with Gasteiger partial charge >= 0.3 is 0 Å². The largest absolute Gasteiger partial charge is 0.496 e. The normalized spacial score (nSPS) is 10.8. The molecule has 20 heavy (non-hydrogen) atoms. The highest BCUT2D eigenvalue weighted by Crippen LogP contribution is 2.21. The molecular formula is C14H18N4OS. The van der Waals surface area contributed by atoms with E-state index in [1.54, 1.807) is 24.5 Å². The number of thiazole rings is 1. The van der Waals surface area contributed by atoms with E-state index in [-0.39, 0.29) is 5.84 Å². The second-order valence-electron chi connectivity index (χ2n) is 4.59. The molecule has 5 nitrogen and oxygen atoms in total. The van der Waals surface area contributed by atoms with Crippen LogP contribution in [0.5, 0.6) is 5.75 Å². The summed E-state index contributed by atoms with van der Waals surface area (Å²) in [6, 6.07) is 5.55. The highest BCUT2D eigenvalue weighted by atomic mass is 32.1. The Bertz CT molecular complexity index is 583. The van der Waals surface area contributed by atoms with E-state index in [1.807, 2.05) is 30.1 Å². The molecule has 0 fully saturated rings. The Labute approximate surface area is 122 Å². The van der Waals surface area contributed by atoms with Crippen LogP contribution < -0.4 is 10.5 Å². The number of hydrogen-bond acceptors (Lipinski definition) is 5. The maximum atomic E-state index is 7.52. The van der Waals surface area contributed by atoms with Crippen LogP contribution in [0.4, 0.5) is 0 Å². The third-order valence-corrected chi connectivity index (χ3v) is 3.58. The fraction of sp³-hybridized carbons (Fsp3) is 0.286. The fourth-order valence-electron chi connectivity index (χ4n) is 2.01. The first-order chi connectivity index (χ1) is 9.60. The number of rotatable bonds is 6. The molecule has 1 aromatic carbocycles. The quantitative estimate of drug-likeness (QED) is 0.631. The van der Waals surface area contributed by atoms with E-state index in [2.05, 4.69) is 9.88 Å². The molecule has 0 aliphatic rings.